The lowest BCUT2D eigenvalue weighted by Gasteiger charge is -2.03. The summed E-state index contributed by atoms with van der Waals surface area (Å²) in [6.45, 7) is 4.27. The van der Waals surface area contributed by atoms with Crippen LogP contribution in [0.2, 0.25) is 0 Å². The summed E-state index contributed by atoms with van der Waals surface area (Å²) in [6.07, 6.45) is 0.582. The van der Waals surface area contributed by atoms with Crippen LogP contribution in [0, 0.1) is 13.8 Å². The molecule has 2 rings (SSSR count). The van der Waals surface area contributed by atoms with Crippen molar-refractivity contribution in [1.29, 1.82) is 0 Å². The molecule has 2 aromatic rings. The summed E-state index contributed by atoms with van der Waals surface area (Å²) in [5.74, 6) is 0.845. The van der Waals surface area contributed by atoms with E-state index in [4.69, 9.17) is 5.11 Å². The van der Waals surface area contributed by atoms with Crippen LogP contribution < -0.4 is 0 Å². The Balaban J connectivity index is 2.42. The fourth-order valence-corrected chi connectivity index (χ4v) is 2.35. The Bertz CT molecular complexity index is 534. The molecule has 2 N–H and O–H groups in total. The number of benzene rings is 1. The van der Waals surface area contributed by atoms with Crippen molar-refractivity contribution in [3.63, 3.8) is 0 Å². The highest BCUT2D eigenvalue weighted by Crippen LogP contribution is 2.25. The van der Waals surface area contributed by atoms with Crippen LogP contribution in [-0.2, 0) is 6.42 Å². The maximum absolute atomic E-state index is 8.95. The molecule has 0 saturated heterocycles. The van der Waals surface area contributed by atoms with Gasteiger partial charge in [0.05, 0.1) is 5.69 Å². The standard InChI is InChI=1S/C13H15BrN2O/c1-8-3-4-10(9(2)7-8)13-15-11(5-6-17)12(14)16-13/h3-4,7,17H,5-6H2,1-2H3,(H,15,16). The second kappa shape index (κ2) is 5.02. The van der Waals surface area contributed by atoms with Gasteiger partial charge in [0.2, 0.25) is 0 Å². The minimum Gasteiger partial charge on any atom is -0.396 e. The third-order valence-corrected chi connectivity index (χ3v) is 3.38. The van der Waals surface area contributed by atoms with E-state index in [1.54, 1.807) is 0 Å². The largest absolute Gasteiger partial charge is 0.396 e. The summed E-state index contributed by atoms with van der Waals surface area (Å²) in [7, 11) is 0. The number of imidazole rings is 1. The summed E-state index contributed by atoms with van der Waals surface area (Å²) in [5, 5.41) is 8.95. The first-order chi connectivity index (χ1) is 8.11. The number of nitrogens with zero attached hydrogens (tertiary/aromatic N) is 1. The van der Waals surface area contributed by atoms with Gasteiger partial charge in [-0.15, -0.1) is 0 Å². The van der Waals surface area contributed by atoms with Crippen molar-refractivity contribution in [1.82, 2.24) is 9.97 Å². The van der Waals surface area contributed by atoms with Crippen LogP contribution in [0.1, 0.15) is 16.8 Å². The minimum absolute atomic E-state index is 0.118. The monoisotopic (exact) mass is 294 g/mol. The van der Waals surface area contributed by atoms with Gasteiger partial charge in [-0.25, -0.2) is 4.98 Å². The van der Waals surface area contributed by atoms with E-state index in [-0.39, 0.29) is 6.61 Å². The van der Waals surface area contributed by atoms with E-state index in [2.05, 4.69) is 57.9 Å². The Morgan fingerprint density at radius 2 is 2.12 bits per heavy atom. The number of aliphatic hydroxyl groups is 1. The van der Waals surface area contributed by atoms with Gasteiger partial charge in [0.1, 0.15) is 10.4 Å². The van der Waals surface area contributed by atoms with E-state index >= 15 is 0 Å². The third kappa shape index (κ3) is 2.58. The zero-order valence-electron chi connectivity index (χ0n) is 9.92. The smallest absolute Gasteiger partial charge is 0.139 e. The maximum atomic E-state index is 8.95. The van der Waals surface area contributed by atoms with E-state index in [9.17, 15) is 0 Å². The molecule has 0 aliphatic rings. The highest BCUT2D eigenvalue weighted by Gasteiger charge is 2.10. The van der Waals surface area contributed by atoms with Crippen molar-refractivity contribution in [2.45, 2.75) is 20.3 Å². The molecule has 0 spiro atoms. The maximum Gasteiger partial charge on any atom is 0.139 e. The summed E-state index contributed by atoms with van der Waals surface area (Å²) in [6, 6.07) is 6.28. The lowest BCUT2D eigenvalue weighted by atomic mass is 10.1. The van der Waals surface area contributed by atoms with Gasteiger partial charge in [-0.05, 0) is 35.3 Å². The Kier molecular flexibility index (Phi) is 3.64. The van der Waals surface area contributed by atoms with E-state index in [1.807, 2.05) is 0 Å². The molecular weight excluding hydrogens is 280 g/mol. The highest BCUT2D eigenvalue weighted by molar-refractivity contribution is 9.10. The molecule has 90 valence electrons. The molecule has 0 bridgehead atoms. The van der Waals surface area contributed by atoms with Crippen LogP contribution in [0.3, 0.4) is 0 Å². The van der Waals surface area contributed by atoms with Crippen LogP contribution in [0.15, 0.2) is 22.8 Å². The van der Waals surface area contributed by atoms with Crippen LogP contribution in [0.4, 0.5) is 0 Å². The second-order valence-corrected chi connectivity index (χ2v) is 4.90. The number of halogens is 1. The second-order valence-electron chi connectivity index (χ2n) is 4.15. The molecule has 0 amide bonds. The molecule has 1 aromatic heterocycles. The van der Waals surface area contributed by atoms with Crippen molar-refractivity contribution in [2.75, 3.05) is 6.61 Å². The summed E-state index contributed by atoms with van der Waals surface area (Å²) in [5.41, 5.74) is 4.47. The van der Waals surface area contributed by atoms with Crippen molar-refractivity contribution in [3.05, 3.63) is 39.6 Å². The Labute approximate surface area is 109 Å². The van der Waals surface area contributed by atoms with Crippen LogP contribution in [-0.4, -0.2) is 21.7 Å². The predicted molar refractivity (Wildman–Crippen MR) is 72.0 cm³/mol. The Hall–Kier alpha value is -1.13. The van der Waals surface area contributed by atoms with Gasteiger partial charge in [-0.3, -0.25) is 0 Å². The van der Waals surface area contributed by atoms with Gasteiger partial charge in [-0.2, -0.15) is 0 Å². The molecule has 0 unspecified atom stereocenters. The number of aliphatic hydroxyl groups excluding tert-OH is 1. The number of H-pyrrole nitrogens is 1. The highest BCUT2D eigenvalue weighted by atomic mass is 79.9. The normalized spacial score (nSPS) is 10.8. The number of hydrogen-bond donors (Lipinski definition) is 2. The lowest BCUT2D eigenvalue weighted by molar-refractivity contribution is 0.298. The zero-order chi connectivity index (χ0) is 12.4. The van der Waals surface area contributed by atoms with Crippen molar-refractivity contribution in [3.8, 4) is 11.4 Å². The molecule has 3 nitrogen and oxygen atoms in total. The molecule has 0 radical (unpaired) electrons. The molecule has 1 aromatic carbocycles. The summed E-state index contributed by atoms with van der Waals surface area (Å²) < 4.78 is 0.779. The number of hydrogen-bond acceptors (Lipinski definition) is 2. The summed E-state index contributed by atoms with van der Waals surface area (Å²) in [4.78, 5) is 7.68. The number of aryl methyl sites for hydroxylation is 2. The molecule has 0 aliphatic heterocycles. The number of nitrogens with one attached hydrogen (secondary N) is 1. The van der Waals surface area contributed by atoms with Gasteiger partial charge >= 0.3 is 0 Å². The van der Waals surface area contributed by atoms with E-state index in [0.717, 1.165) is 21.7 Å². The molecular formula is C13H15BrN2O. The first-order valence-electron chi connectivity index (χ1n) is 5.54. The zero-order valence-corrected chi connectivity index (χ0v) is 11.5. The van der Waals surface area contributed by atoms with Crippen LogP contribution in [0.5, 0.6) is 0 Å². The van der Waals surface area contributed by atoms with Crippen molar-refractivity contribution < 1.29 is 5.11 Å². The first-order valence-corrected chi connectivity index (χ1v) is 6.34. The van der Waals surface area contributed by atoms with Gasteiger partial charge < -0.3 is 10.1 Å². The Morgan fingerprint density at radius 1 is 1.35 bits per heavy atom. The molecule has 0 atom stereocenters. The van der Waals surface area contributed by atoms with Crippen molar-refractivity contribution in [2.24, 2.45) is 0 Å². The van der Waals surface area contributed by atoms with Crippen LogP contribution in [0.25, 0.3) is 11.4 Å². The first kappa shape index (κ1) is 12.3. The Morgan fingerprint density at radius 3 is 2.76 bits per heavy atom. The van der Waals surface area contributed by atoms with E-state index < -0.39 is 0 Å². The number of aromatic amines is 1. The van der Waals surface area contributed by atoms with E-state index in [0.29, 0.717) is 6.42 Å². The fraction of sp³-hybridized carbons (Fsp3) is 0.308. The lowest BCUT2D eigenvalue weighted by Crippen LogP contribution is -1.92. The number of aromatic nitrogens is 2. The molecule has 0 saturated carbocycles. The predicted octanol–water partition coefficient (Wildman–Crippen LogP) is 2.99. The molecule has 17 heavy (non-hydrogen) atoms. The fourth-order valence-electron chi connectivity index (χ4n) is 1.87. The number of rotatable bonds is 3. The third-order valence-electron chi connectivity index (χ3n) is 2.73. The average Bonchev–Trinajstić information content (AvgIpc) is 2.60. The van der Waals surface area contributed by atoms with E-state index in [1.165, 1.54) is 11.1 Å². The summed E-state index contributed by atoms with van der Waals surface area (Å²) >= 11 is 3.40. The van der Waals surface area contributed by atoms with Gasteiger partial charge in [0, 0.05) is 18.6 Å². The molecule has 0 aliphatic carbocycles. The van der Waals surface area contributed by atoms with Crippen molar-refractivity contribution >= 4 is 15.9 Å². The molecule has 4 heteroatoms. The van der Waals surface area contributed by atoms with Gasteiger partial charge in [-0.1, -0.05) is 23.8 Å². The quantitative estimate of drug-likeness (QED) is 0.914. The SMILES string of the molecule is Cc1ccc(-c2nc(Br)c(CCO)[nH]2)c(C)c1. The average molecular weight is 295 g/mol. The van der Waals surface area contributed by atoms with Gasteiger partial charge in [0.15, 0.2) is 0 Å². The molecule has 1 heterocycles. The topological polar surface area (TPSA) is 48.9 Å². The minimum atomic E-state index is 0.118. The van der Waals surface area contributed by atoms with Crippen LogP contribution >= 0.6 is 15.9 Å². The molecule has 0 fully saturated rings. The van der Waals surface area contributed by atoms with Gasteiger partial charge in [0.25, 0.3) is 0 Å².